The number of rotatable bonds is 9. The number of methoxy groups -OCH3 is 2. The van der Waals surface area contributed by atoms with E-state index in [9.17, 15) is 9.90 Å². The Morgan fingerprint density at radius 3 is 2.11 bits per heavy atom. The maximum Gasteiger partial charge on any atom is 0.308 e. The third-order valence-electron chi connectivity index (χ3n) is 3.20. The highest BCUT2D eigenvalue weighted by molar-refractivity contribution is 5.69. The van der Waals surface area contributed by atoms with Crippen LogP contribution in [0.1, 0.15) is 47.0 Å². The third kappa shape index (κ3) is 8.97. The number of hydrogen-bond donors (Lipinski definition) is 1. The summed E-state index contributed by atoms with van der Waals surface area (Å²) in [6, 6.07) is 0. The topological polar surface area (TPSA) is 65.0 Å². The van der Waals surface area contributed by atoms with Gasteiger partial charge in [0.2, 0.25) is 0 Å². The summed E-state index contributed by atoms with van der Waals surface area (Å²) in [7, 11) is 3.20. The van der Waals surface area contributed by atoms with Gasteiger partial charge in [-0.15, -0.1) is 0 Å². The predicted octanol–water partition coefficient (Wildman–Crippen LogP) is 1.91. The molecular formula is C14H28O5. The molecule has 0 aromatic heterocycles. The minimum absolute atomic E-state index is 0.0137. The molecule has 114 valence electrons. The van der Waals surface area contributed by atoms with Gasteiger partial charge in [-0.2, -0.15) is 0 Å². The van der Waals surface area contributed by atoms with E-state index >= 15 is 0 Å². The highest BCUT2D eigenvalue weighted by Crippen LogP contribution is 2.18. The number of esters is 1. The third-order valence-corrected chi connectivity index (χ3v) is 3.20. The highest BCUT2D eigenvalue weighted by Gasteiger charge is 2.24. The molecule has 0 radical (unpaired) electrons. The summed E-state index contributed by atoms with van der Waals surface area (Å²) < 4.78 is 15.5. The van der Waals surface area contributed by atoms with Crippen molar-refractivity contribution in [2.24, 2.45) is 0 Å². The standard InChI is InChI=1S/C14H28O5/c1-13(2,17-5)7-8-19-12(16)9-11(15)10-14(3,4)18-6/h11,15H,7-10H2,1-6H3. The number of aliphatic hydroxyl groups is 1. The van der Waals surface area contributed by atoms with E-state index in [4.69, 9.17) is 14.2 Å². The van der Waals surface area contributed by atoms with Crippen molar-refractivity contribution in [3.8, 4) is 0 Å². The molecule has 1 unspecified atom stereocenters. The molecule has 0 spiro atoms. The molecule has 0 aromatic carbocycles. The van der Waals surface area contributed by atoms with E-state index in [0.717, 1.165) is 0 Å². The van der Waals surface area contributed by atoms with Crippen LogP contribution in [-0.2, 0) is 19.0 Å². The molecule has 0 aromatic rings. The van der Waals surface area contributed by atoms with Crippen LogP contribution in [-0.4, -0.2) is 49.2 Å². The van der Waals surface area contributed by atoms with Gasteiger partial charge in [0.25, 0.3) is 0 Å². The van der Waals surface area contributed by atoms with E-state index in [0.29, 0.717) is 19.4 Å². The smallest absolute Gasteiger partial charge is 0.308 e. The average molecular weight is 276 g/mol. The van der Waals surface area contributed by atoms with E-state index < -0.39 is 17.7 Å². The second kappa shape index (κ2) is 7.82. The Labute approximate surface area is 116 Å². The molecule has 0 heterocycles. The lowest BCUT2D eigenvalue weighted by molar-refractivity contribution is -0.148. The van der Waals surface area contributed by atoms with Crippen molar-refractivity contribution in [2.75, 3.05) is 20.8 Å². The molecule has 1 atom stereocenters. The lowest BCUT2D eigenvalue weighted by Gasteiger charge is -2.25. The number of hydrogen-bond acceptors (Lipinski definition) is 5. The molecule has 0 rings (SSSR count). The van der Waals surface area contributed by atoms with Gasteiger partial charge in [0.15, 0.2) is 0 Å². The minimum Gasteiger partial charge on any atom is -0.465 e. The summed E-state index contributed by atoms with van der Waals surface area (Å²) in [5.74, 6) is -0.397. The summed E-state index contributed by atoms with van der Waals surface area (Å²) >= 11 is 0. The second-order valence-corrected chi connectivity index (χ2v) is 5.96. The van der Waals surface area contributed by atoms with Gasteiger partial charge in [-0.1, -0.05) is 0 Å². The SMILES string of the molecule is COC(C)(C)CCOC(=O)CC(O)CC(C)(C)OC. The first-order valence-electron chi connectivity index (χ1n) is 6.56. The summed E-state index contributed by atoms with van der Waals surface area (Å²) in [6.45, 7) is 7.87. The fourth-order valence-corrected chi connectivity index (χ4v) is 1.49. The van der Waals surface area contributed by atoms with Crippen molar-refractivity contribution in [3.63, 3.8) is 0 Å². The quantitative estimate of drug-likeness (QED) is 0.652. The maximum atomic E-state index is 11.5. The van der Waals surface area contributed by atoms with E-state index in [1.165, 1.54) is 0 Å². The van der Waals surface area contributed by atoms with Crippen LogP contribution in [0.2, 0.25) is 0 Å². The van der Waals surface area contributed by atoms with Crippen LogP contribution in [0.15, 0.2) is 0 Å². The molecule has 0 aliphatic rings. The van der Waals surface area contributed by atoms with Crippen LogP contribution in [0.25, 0.3) is 0 Å². The Hall–Kier alpha value is -0.650. The van der Waals surface area contributed by atoms with Gasteiger partial charge in [0.05, 0.1) is 30.3 Å². The summed E-state index contributed by atoms with van der Waals surface area (Å²) in [4.78, 5) is 11.5. The van der Waals surface area contributed by atoms with Crippen LogP contribution in [0.3, 0.4) is 0 Å². The molecule has 5 nitrogen and oxygen atoms in total. The number of carbonyl (C=O) groups excluding carboxylic acids is 1. The van der Waals surface area contributed by atoms with Crippen molar-refractivity contribution in [2.45, 2.75) is 64.3 Å². The molecule has 19 heavy (non-hydrogen) atoms. The second-order valence-electron chi connectivity index (χ2n) is 5.96. The van der Waals surface area contributed by atoms with E-state index in [1.807, 2.05) is 27.7 Å². The predicted molar refractivity (Wildman–Crippen MR) is 73.0 cm³/mol. The Balaban J connectivity index is 3.93. The Bertz CT molecular complexity index is 273. The zero-order chi connectivity index (χ0) is 15.1. The first kappa shape index (κ1) is 18.4. The van der Waals surface area contributed by atoms with Crippen molar-refractivity contribution in [3.05, 3.63) is 0 Å². The Morgan fingerprint density at radius 1 is 1.11 bits per heavy atom. The van der Waals surface area contributed by atoms with Gasteiger partial charge >= 0.3 is 5.97 Å². The van der Waals surface area contributed by atoms with Gasteiger partial charge in [0, 0.05) is 27.1 Å². The van der Waals surface area contributed by atoms with Gasteiger partial charge < -0.3 is 19.3 Å². The minimum atomic E-state index is -0.752. The van der Waals surface area contributed by atoms with Crippen molar-refractivity contribution in [1.82, 2.24) is 0 Å². The largest absolute Gasteiger partial charge is 0.465 e. The van der Waals surface area contributed by atoms with Crippen LogP contribution < -0.4 is 0 Å². The Morgan fingerprint density at radius 2 is 1.63 bits per heavy atom. The molecule has 0 fully saturated rings. The molecule has 0 bridgehead atoms. The zero-order valence-electron chi connectivity index (χ0n) is 13.0. The van der Waals surface area contributed by atoms with Crippen molar-refractivity contribution >= 4 is 5.97 Å². The molecule has 0 saturated heterocycles. The van der Waals surface area contributed by atoms with E-state index in [-0.39, 0.29) is 12.0 Å². The molecule has 0 aliphatic heterocycles. The van der Waals surface area contributed by atoms with Crippen LogP contribution in [0, 0.1) is 0 Å². The fourth-order valence-electron chi connectivity index (χ4n) is 1.49. The van der Waals surface area contributed by atoms with Gasteiger partial charge in [-0.3, -0.25) is 4.79 Å². The summed E-state index contributed by atoms with van der Waals surface area (Å²) in [5.41, 5.74) is -0.755. The number of ether oxygens (including phenoxy) is 3. The van der Waals surface area contributed by atoms with E-state index in [2.05, 4.69) is 0 Å². The summed E-state index contributed by atoms with van der Waals surface area (Å²) in [5, 5.41) is 9.79. The summed E-state index contributed by atoms with van der Waals surface area (Å²) in [6.07, 6.45) is 0.245. The molecule has 5 heteroatoms. The van der Waals surface area contributed by atoms with Crippen molar-refractivity contribution in [1.29, 1.82) is 0 Å². The monoisotopic (exact) mass is 276 g/mol. The first-order chi connectivity index (χ1) is 8.62. The first-order valence-corrected chi connectivity index (χ1v) is 6.56. The van der Waals surface area contributed by atoms with Crippen LogP contribution >= 0.6 is 0 Å². The Kier molecular flexibility index (Phi) is 7.55. The molecule has 0 saturated carbocycles. The molecule has 0 aliphatic carbocycles. The molecule has 1 N–H and O–H groups in total. The number of aliphatic hydroxyl groups excluding tert-OH is 1. The van der Waals surface area contributed by atoms with Crippen LogP contribution in [0.4, 0.5) is 0 Å². The van der Waals surface area contributed by atoms with Crippen molar-refractivity contribution < 1.29 is 24.1 Å². The highest BCUT2D eigenvalue weighted by atomic mass is 16.5. The lowest BCUT2D eigenvalue weighted by Crippen LogP contribution is -2.31. The zero-order valence-corrected chi connectivity index (χ0v) is 13.0. The van der Waals surface area contributed by atoms with Gasteiger partial charge in [-0.25, -0.2) is 0 Å². The van der Waals surface area contributed by atoms with E-state index in [1.54, 1.807) is 14.2 Å². The molecular weight excluding hydrogens is 248 g/mol. The molecule has 0 amide bonds. The lowest BCUT2D eigenvalue weighted by atomic mass is 9.99. The fraction of sp³-hybridized carbons (Fsp3) is 0.929. The number of carbonyl (C=O) groups is 1. The van der Waals surface area contributed by atoms with Gasteiger partial charge in [-0.05, 0) is 27.7 Å². The van der Waals surface area contributed by atoms with Gasteiger partial charge in [0.1, 0.15) is 0 Å². The van der Waals surface area contributed by atoms with Crippen LogP contribution in [0.5, 0.6) is 0 Å². The maximum absolute atomic E-state index is 11.5. The normalized spacial score (nSPS) is 14.3. The average Bonchev–Trinajstić information content (AvgIpc) is 2.27.